The van der Waals surface area contributed by atoms with Crippen LogP contribution in [0.25, 0.3) is 11.3 Å². The Morgan fingerprint density at radius 3 is 2.58 bits per heavy atom. The van der Waals surface area contributed by atoms with Gasteiger partial charge in [0.1, 0.15) is 11.5 Å². The Kier molecular flexibility index (Phi) is 6.79. The van der Waals surface area contributed by atoms with Gasteiger partial charge in [-0.3, -0.25) is 9.59 Å². The first-order valence-corrected chi connectivity index (χ1v) is 10.6. The Labute approximate surface area is 181 Å². The van der Waals surface area contributed by atoms with E-state index in [-0.39, 0.29) is 24.3 Å². The molecule has 2 amide bonds. The first-order valence-electron chi connectivity index (χ1n) is 10.6. The zero-order valence-corrected chi connectivity index (χ0v) is 17.3. The number of para-hydroxylation sites is 1. The van der Waals surface area contributed by atoms with Crippen molar-refractivity contribution in [3.8, 4) is 11.3 Å². The molecule has 0 spiro atoms. The molecule has 0 bridgehead atoms. The predicted octanol–water partition coefficient (Wildman–Crippen LogP) is 4.43. The fourth-order valence-corrected chi connectivity index (χ4v) is 3.62. The number of furan rings is 1. The summed E-state index contributed by atoms with van der Waals surface area (Å²) in [6, 6.07) is 20.7. The van der Waals surface area contributed by atoms with Crippen LogP contribution < -0.4 is 10.6 Å². The minimum absolute atomic E-state index is 0.0692. The van der Waals surface area contributed by atoms with E-state index >= 15 is 0 Å². The molecule has 0 saturated carbocycles. The molecular weight excluding hydrogens is 392 g/mol. The molecule has 1 aromatic heterocycles. The Morgan fingerprint density at radius 2 is 1.77 bits per heavy atom. The fourth-order valence-electron chi connectivity index (χ4n) is 3.62. The Balaban J connectivity index is 1.31. The molecule has 2 N–H and O–H groups in total. The largest absolute Gasteiger partial charge is 0.461 e. The molecule has 1 aliphatic rings. The predicted molar refractivity (Wildman–Crippen MR) is 119 cm³/mol. The van der Waals surface area contributed by atoms with Crippen LogP contribution in [0.15, 0.2) is 71.1 Å². The summed E-state index contributed by atoms with van der Waals surface area (Å²) < 4.78 is 11.4. The number of hydrogen-bond acceptors (Lipinski definition) is 4. The second-order valence-electron chi connectivity index (χ2n) is 7.57. The molecule has 2 heterocycles. The summed E-state index contributed by atoms with van der Waals surface area (Å²) in [6.07, 6.45) is 2.78. The van der Waals surface area contributed by atoms with Gasteiger partial charge < -0.3 is 19.8 Å². The Hall–Kier alpha value is -3.38. The lowest BCUT2D eigenvalue weighted by Crippen LogP contribution is -2.32. The highest BCUT2D eigenvalue weighted by molar-refractivity contribution is 6.03. The van der Waals surface area contributed by atoms with Crippen molar-refractivity contribution in [2.75, 3.05) is 18.5 Å². The van der Waals surface area contributed by atoms with Gasteiger partial charge in [-0.25, -0.2) is 0 Å². The van der Waals surface area contributed by atoms with Gasteiger partial charge in [0.2, 0.25) is 5.91 Å². The molecular formula is C25H26N2O4. The third kappa shape index (κ3) is 5.61. The van der Waals surface area contributed by atoms with Gasteiger partial charge in [0.15, 0.2) is 0 Å². The highest BCUT2D eigenvalue weighted by Gasteiger charge is 2.18. The maximum Gasteiger partial charge on any atom is 0.253 e. The molecule has 160 valence electrons. The number of benzene rings is 2. The highest BCUT2D eigenvalue weighted by Crippen LogP contribution is 2.23. The first kappa shape index (κ1) is 20.9. The summed E-state index contributed by atoms with van der Waals surface area (Å²) >= 11 is 0. The van der Waals surface area contributed by atoms with E-state index in [9.17, 15) is 9.59 Å². The number of carbonyl (C=O) groups is 2. The topological polar surface area (TPSA) is 80.6 Å². The number of nitrogens with one attached hydrogen (secondary N) is 2. The lowest BCUT2D eigenvalue weighted by molar-refractivity contribution is -0.116. The molecule has 1 fully saturated rings. The van der Waals surface area contributed by atoms with E-state index in [4.69, 9.17) is 9.15 Å². The normalized spacial score (nSPS) is 15.5. The van der Waals surface area contributed by atoms with E-state index in [0.717, 1.165) is 36.5 Å². The van der Waals surface area contributed by atoms with Gasteiger partial charge in [0.05, 0.1) is 17.4 Å². The van der Waals surface area contributed by atoms with Crippen molar-refractivity contribution in [3.63, 3.8) is 0 Å². The number of ether oxygens (including phenoxy) is 1. The van der Waals surface area contributed by atoms with Gasteiger partial charge in [0, 0.05) is 31.6 Å². The Morgan fingerprint density at radius 1 is 0.968 bits per heavy atom. The van der Waals surface area contributed by atoms with Crippen LogP contribution in [0.1, 0.15) is 35.4 Å². The van der Waals surface area contributed by atoms with E-state index in [1.807, 2.05) is 42.5 Å². The average Bonchev–Trinajstić information content (AvgIpc) is 3.49. The maximum atomic E-state index is 12.6. The highest BCUT2D eigenvalue weighted by atomic mass is 16.5. The van der Waals surface area contributed by atoms with Crippen molar-refractivity contribution in [2.45, 2.75) is 31.8 Å². The van der Waals surface area contributed by atoms with Crippen molar-refractivity contribution in [3.05, 3.63) is 78.1 Å². The van der Waals surface area contributed by atoms with Crippen molar-refractivity contribution in [1.82, 2.24) is 5.32 Å². The van der Waals surface area contributed by atoms with Gasteiger partial charge in [-0.05, 0) is 37.1 Å². The smallest absolute Gasteiger partial charge is 0.253 e. The summed E-state index contributed by atoms with van der Waals surface area (Å²) in [5.41, 5.74) is 1.95. The molecule has 6 nitrogen and oxygen atoms in total. The molecule has 1 atom stereocenters. The standard InChI is InChI=1S/C25H26N2O4/c28-24(15-13-19-12-14-23(31-19)18-7-2-1-3-8-18)27-22-11-5-4-10-21(22)25(29)26-17-20-9-6-16-30-20/h1-5,7-8,10-12,14,20H,6,9,13,15-17H2,(H,26,29)(H,27,28). The third-order valence-corrected chi connectivity index (χ3v) is 5.28. The first-order chi connectivity index (χ1) is 15.2. The average molecular weight is 418 g/mol. The fraction of sp³-hybridized carbons (Fsp3) is 0.280. The molecule has 4 rings (SSSR count). The second-order valence-corrected chi connectivity index (χ2v) is 7.57. The molecule has 1 saturated heterocycles. The van der Waals surface area contributed by atoms with Crippen molar-refractivity contribution >= 4 is 17.5 Å². The van der Waals surface area contributed by atoms with Crippen molar-refractivity contribution < 1.29 is 18.7 Å². The molecule has 6 heteroatoms. The number of anilines is 1. The van der Waals surface area contributed by atoms with Crippen LogP contribution in [-0.4, -0.2) is 31.1 Å². The van der Waals surface area contributed by atoms with Gasteiger partial charge in [-0.2, -0.15) is 0 Å². The maximum absolute atomic E-state index is 12.6. The van der Waals surface area contributed by atoms with Gasteiger partial charge in [-0.15, -0.1) is 0 Å². The summed E-state index contributed by atoms with van der Waals surface area (Å²) in [7, 11) is 0. The van der Waals surface area contributed by atoms with Crippen LogP contribution in [0.2, 0.25) is 0 Å². The molecule has 2 aromatic carbocycles. The third-order valence-electron chi connectivity index (χ3n) is 5.28. The molecule has 1 aliphatic heterocycles. The summed E-state index contributed by atoms with van der Waals surface area (Å²) in [5.74, 6) is 1.14. The van der Waals surface area contributed by atoms with E-state index < -0.39 is 0 Å². The van der Waals surface area contributed by atoms with E-state index in [1.54, 1.807) is 24.3 Å². The monoisotopic (exact) mass is 418 g/mol. The molecule has 0 aliphatic carbocycles. The molecule has 31 heavy (non-hydrogen) atoms. The number of amides is 2. The van der Waals surface area contributed by atoms with Crippen LogP contribution in [-0.2, 0) is 16.0 Å². The molecule has 3 aromatic rings. The van der Waals surface area contributed by atoms with Gasteiger partial charge in [-0.1, -0.05) is 42.5 Å². The number of carbonyl (C=O) groups excluding carboxylic acids is 2. The lowest BCUT2D eigenvalue weighted by Gasteiger charge is -2.13. The van der Waals surface area contributed by atoms with Gasteiger partial charge >= 0.3 is 0 Å². The second kappa shape index (κ2) is 10.1. The Bertz CT molecular complexity index is 1020. The summed E-state index contributed by atoms with van der Waals surface area (Å²) in [4.78, 5) is 25.1. The minimum Gasteiger partial charge on any atom is -0.461 e. The zero-order valence-electron chi connectivity index (χ0n) is 17.3. The van der Waals surface area contributed by atoms with Gasteiger partial charge in [0.25, 0.3) is 5.91 Å². The van der Waals surface area contributed by atoms with E-state index in [0.29, 0.717) is 24.2 Å². The SMILES string of the molecule is O=C(CCc1ccc(-c2ccccc2)o1)Nc1ccccc1C(=O)NCC1CCCO1. The lowest BCUT2D eigenvalue weighted by atomic mass is 10.1. The minimum atomic E-state index is -0.218. The number of rotatable bonds is 8. The zero-order chi connectivity index (χ0) is 21.5. The van der Waals surface area contributed by atoms with Crippen LogP contribution in [0.3, 0.4) is 0 Å². The quantitative estimate of drug-likeness (QED) is 0.567. The molecule has 1 unspecified atom stereocenters. The number of aryl methyl sites for hydroxylation is 1. The van der Waals surface area contributed by atoms with Crippen LogP contribution in [0.4, 0.5) is 5.69 Å². The number of hydrogen-bond donors (Lipinski definition) is 2. The van der Waals surface area contributed by atoms with Crippen LogP contribution in [0, 0.1) is 0 Å². The van der Waals surface area contributed by atoms with Crippen LogP contribution in [0.5, 0.6) is 0 Å². The molecule has 0 radical (unpaired) electrons. The van der Waals surface area contributed by atoms with Crippen molar-refractivity contribution in [2.24, 2.45) is 0 Å². The summed E-state index contributed by atoms with van der Waals surface area (Å²) in [5, 5.41) is 5.76. The van der Waals surface area contributed by atoms with Crippen molar-refractivity contribution in [1.29, 1.82) is 0 Å². The van der Waals surface area contributed by atoms with E-state index in [1.165, 1.54) is 0 Å². The summed E-state index contributed by atoms with van der Waals surface area (Å²) in [6.45, 7) is 1.22. The van der Waals surface area contributed by atoms with E-state index in [2.05, 4.69) is 10.6 Å². The van der Waals surface area contributed by atoms with Crippen LogP contribution >= 0.6 is 0 Å².